The number of rotatable bonds is 6. The highest BCUT2D eigenvalue weighted by Crippen LogP contribution is 2.09. The number of aliphatic hydroxyl groups is 1. The van der Waals surface area contributed by atoms with Gasteiger partial charge < -0.3 is 10.4 Å². The molecule has 5 nitrogen and oxygen atoms in total. The smallest absolute Gasteiger partial charge is 0.121 e. The monoisotopic (exact) mass is 231 g/mol. The van der Waals surface area contributed by atoms with Crippen molar-refractivity contribution in [1.82, 2.24) is 15.6 Å². The molecular weight excluding hydrogens is 214 g/mol. The van der Waals surface area contributed by atoms with Gasteiger partial charge in [0, 0.05) is 18.8 Å². The lowest BCUT2D eigenvalue weighted by Crippen LogP contribution is -2.39. The second kappa shape index (κ2) is 5.48. The average molecular weight is 231 g/mol. The summed E-state index contributed by atoms with van der Waals surface area (Å²) in [5.41, 5.74) is 0.881. The van der Waals surface area contributed by atoms with Crippen molar-refractivity contribution in [2.75, 3.05) is 18.6 Å². The van der Waals surface area contributed by atoms with E-state index >= 15 is 0 Å². The van der Waals surface area contributed by atoms with E-state index in [1.807, 2.05) is 20.1 Å². The number of aryl methyl sites for hydroxylation is 1. The SMILES string of the molecule is CSCC(C)(O)CNCc1nonc1C. The van der Waals surface area contributed by atoms with Gasteiger partial charge >= 0.3 is 0 Å². The zero-order chi connectivity index (χ0) is 11.3. The van der Waals surface area contributed by atoms with Crippen molar-refractivity contribution in [2.45, 2.75) is 26.0 Å². The number of hydrogen-bond acceptors (Lipinski definition) is 6. The van der Waals surface area contributed by atoms with Crippen LogP contribution in [0.25, 0.3) is 0 Å². The van der Waals surface area contributed by atoms with Crippen LogP contribution in [0.2, 0.25) is 0 Å². The van der Waals surface area contributed by atoms with Crippen molar-refractivity contribution in [3.05, 3.63) is 11.4 Å². The highest BCUT2D eigenvalue weighted by Gasteiger charge is 2.19. The molecule has 0 fully saturated rings. The molecule has 0 saturated carbocycles. The van der Waals surface area contributed by atoms with Crippen molar-refractivity contribution in [3.8, 4) is 0 Å². The first-order valence-electron chi connectivity index (χ1n) is 4.75. The topological polar surface area (TPSA) is 71.2 Å². The van der Waals surface area contributed by atoms with Crippen molar-refractivity contribution < 1.29 is 9.74 Å². The zero-order valence-corrected chi connectivity index (χ0v) is 10.1. The van der Waals surface area contributed by atoms with Crippen LogP contribution >= 0.6 is 11.8 Å². The number of nitrogens with zero attached hydrogens (tertiary/aromatic N) is 2. The third kappa shape index (κ3) is 4.19. The molecule has 1 aromatic heterocycles. The van der Waals surface area contributed by atoms with Gasteiger partial charge in [0.2, 0.25) is 0 Å². The molecule has 0 aliphatic carbocycles. The van der Waals surface area contributed by atoms with Crippen LogP contribution in [-0.2, 0) is 6.54 Å². The van der Waals surface area contributed by atoms with Gasteiger partial charge in [-0.3, -0.25) is 0 Å². The number of thioether (sulfide) groups is 1. The average Bonchev–Trinajstić information content (AvgIpc) is 2.51. The standard InChI is InChI=1S/C9H17N3O2S/c1-7-8(12-14-11-7)4-10-5-9(2,13)6-15-3/h10,13H,4-6H2,1-3H3. The van der Waals surface area contributed by atoms with Gasteiger partial charge in [0.25, 0.3) is 0 Å². The van der Waals surface area contributed by atoms with E-state index in [1.54, 1.807) is 11.8 Å². The van der Waals surface area contributed by atoms with Crippen molar-refractivity contribution in [1.29, 1.82) is 0 Å². The van der Waals surface area contributed by atoms with Crippen LogP contribution in [-0.4, -0.2) is 39.6 Å². The molecule has 0 saturated heterocycles. The minimum Gasteiger partial charge on any atom is -0.388 e. The first-order chi connectivity index (χ1) is 7.05. The Morgan fingerprint density at radius 3 is 2.80 bits per heavy atom. The van der Waals surface area contributed by atoms with Gasteiger partial charge in [-0.1, -0.05) is 10.3 Å². The van der Waals surface area contributed by atoms with Gasteiger partial charge in [-0.15, -0.1) is 0 Å². The van der Waals surface area contributed by atoms with E-state index in [-0.39, 0.29) is 0 Å². The minimum atomic E-state index is -0.690. The summed E-state index contributed by atoms with van der Waals surface area (Å²) in [6.45, 7) is 4.75. The lowest BCUT2D eigenvalue weighted by atomic mass is 10.1. The lowest BCUT2D eigenvalue weighted by Gasteiger charge is -2.22. The summed E-state index contributed by atoms with van der Waals surface area (Å²) < 4.78 is 4.57. The van der Waals surface area contributed by atoms with E-state index in [2.05, 4.69) is 20.3 Å². The largest absolute Gasteiger partial charge is 0.388 e. The second-order valence-corrected chi connectivity index (χ2v) is 4.70. The van der Waals surface area contributed by atoms with E-state index < -0.39 is 5.60 Å². The maximum atomic E-state index is 9.87. The molecule has 0 aliphatic heterocycles. The highest BCUT2D eigenvalue weighted by molar-refractivity contribution is 7.98. The molecule has 86 valence electrons. The summed E-state index contributed by atoms with van der Waals surface area (Å²) in [4.78, 5) is 0. The van der Waals surface area contributed by atoms with Crippen LogP contribution in [0.3, 0.4) is 0 Å². The Balaban J connectivity index is 2.30. The molecule has 1 aromatic rings. The van der Waals surface area contributed by atoms with Crippen molar-refractivity contribution in [3.63, 3.8) is 0 Å². The summed E-state index contributed by atoms with van der Waals surface area (Å²) in [5.74, 6) is 0.704. The molecule has 1 unspecified atom stereocenters. The number of hydrogen-bond donors (Lipinski definition) is 2. The van der Waals surface area contributed by atoms with Gasteiger partial charge in [0.15, 0.2) is 0 Å². The van der Waals surface area contributed by atoms with Gasteiger partial charge in [-0.25, -0.2) is 4.63 Å². The van der Waals surface area contributed by atoms with Crippen LogP contribution in [0.15, 0.2) is 4.63 Å². The Bertz CT molecular complexity index is 301. The fraction of sp³-hybridized carbons (Fsp3) is 0.778. The third-order valence-corrected chi connectivity index (χ3v) is 2.91. The van der Waals surface area contributed by atoms with Crippen LogP contribution in [0.5, 0.6) is 0 Å². The van der Waals surface area contributed by atoms with Crippen LogP contribution in [0.1, 0.15) is 18.3 Å². The maximum Gasteiger partial charge on any atom is 0.121 e. The van der Waals surface area contributed by atoms with Gasteiger partial charge in [0.05, 0.1) is 5.60 Å². The molecule has 1 heterocycles. The number of aromatic nitrogens is 2. The fourth-order valence-electron chi connectivity index (χ4n) is 1.22. The number of nitrogens with one attached hydrogen (secondary N) is 1. The van der Waals surface area contributed by atoms with E-state index in [1.165, 1.54) is 0 Å². The third-order valence-electron chi connectivity index (χ3n) is 2.00. The van der Waals surface area contributed by atoms with Gasteiger partial charge in [-0.2, -0.15) is 11.8 Å². The summed E-state index contributed by atoms with van der Waals surface area (Å²) in [6.07, 6.45) is 1.97. The first kappa shape index (κ1) is 12.5. The molecule has 0 aliphatic rings. The molecule has 0 aromatic carbocycles. The zero-order valence-electron chi connectivity index (χ0n) is 9.28. The molecule has 15 heavy (non-hydrogen) atoms. The Morgan fingerprint density at radius 2 is 2.27 bits per heavy atom. The normalized spacial score (nSPS) is 15.2. The quantitative estimate of drug-likeness (QED) is 0.746. The van der Waals surface area contributed by atoms with E-state index in [0.29, 0.717) is 18.8 Å². The van der Waals surface area contributed by atoms with Crippen molar-refractivity contribution >= 4 is 11.8 Å². The Kier molecular flexibility index (Phi) is 4.56. The predicted octanol–water partition coefficient (Wildman–Crippen LogP) is 0.582. The van der Waals surface area contributed by atoms with Crippen LogP contribution < -0.4 is 5.32 Å². The molecule has 6 heteroatoms. The van der Waals surface area contributed by atoms with Gasteiger partial charge in [-0.05, 0) is 20.1 Å². The summed E-state index contributed by atoms with van der Waals surface area (Å²) in [6, 6.07) is 0. The molecule has 1 atom stereocenters. The molecule has 1 rings (SSSR count). The summed E-state index contributed by atoms with van der Waals surface area (Å²) in [7, 11) is 0. The van der Waals surface area contributed by atoms with Gasteiger partial charge in [0.1, 0.15) is 11.4 Å². The fourth-order valence-corrected chi connectivity index (χ4v) is 1.95. The molecule has 0 spiro atoms. The van der Waals surface area contributed by atoms with Crippen molar-refractivity contribution in [2.24, 2.45) is 0 Å². The molecular formula is C9H17N3O2S. The first-order valence-corrected chi connectivity index (χ1v) is 6.14. The molecule has 0 radical (unpaired) electrons. The lowest BCUT2D eigenvalue weighted by molar-refractivity contribution is 0.0844. The van der Waals surface area contributed by atoms with Crippen LogP contribution in [0.4, 0.5) is 0 Å². The maximum absolute atomic E-state index is 9.87. The molecule has 0 amide bonds. The van der Waals surface area contributed by atoms with Crippen LogP contribution in [0, 0.1) is 6.92 Å². The summed E-state index contributed by atoms with van der Waals surface area (Å²) >= 11 is 1.62. The predicted molar refractivity (Wildman–Crippen MR) is 59.7 cm³/mol. The Hall–Kier alpha value is -0.590. The van der Waals surface area contributed by atoms with E-state index in [4.69, 9.17) is 0 Å². The van der Waals surface area contributed by atoms with E-state index in [9.17, 15) is 5.11 Å². The second-order valence-electron chi connectivity index (χ2n) is 3.83. The molecule has 2 N–H and O–H groups in total. The highest BCUT2D eigenvalue weighted by atomic mass is 32.2. The Morgan fingerprint density at radius 1 is 1.53 bits per heavy atom. The summed E-state index contributed by atoms with van der Waals surface area (Å²) in [5, 5.41) is 20.4. The molecule has 0 bridgehead atoms. The minimum absolute atomic E-state index is 0.528. The Labute approximate surface area is 93.6 Å². The van der Waals surface area contributed by atoms with E-state index in [0.717, 1.165) is 11.4 Å².